The van der Waals surface area contributed by atoms with E-state index < -0.39 is 6.10 Å². The van der Waals surface area contributed by atoms with Crippen LogP contribution in [-0.4, -0.2) is 25.6 Å². The van der Waals surface area contributed by atoms with Gasteiger partial charge in [0, 0.05) is 11.5 Å². The Bertz CT molecular complexity index is 435. The third-order valence-corrected chi connectivity index (χ3v) is 3.10. The number of carbonyl (C=O) groups excluding carboxylic acids is 1. The molecule has 18 heavy (non-hydrogen) atoms. The minimum atomic E-state index is -0.522. The van der Waals surface area contributed by atoms with Crippen molar-refractivity contribution in [2.24, 2.45) is 5.73 Å². The third-order valence-electron chi connectivity index (χ3n) is 2.64. The van der Waals surface area contributed by atoms with Crippen LogP contribution in [0.2, 0.25) is 0 Å². The van der Waals surface area contributed by atoms with E-state index in [1.165, 1.54) is 0 Å². The topological polar surface area (TPSA) is 64.3 Å². The first kappa shape index (κ1) is 15.0. The number of carbonyl (C=O) groups is 1. The van der Waals surface area contributed by atoms with E-state index in [2.05, 4.69) is 21.2 Å². The maximum Gasteiger partial charge on any atom is 0.260 e. The second-order valence-electron chi connectivity index (χ2n) is 4.12. The lowest BCUT2D eigenvalue weighted by atomic mass is 10.1. The highest BCUT2D eigenvalue weighted by Crippen LogP contribution is 2.29. The fraction of sp³-hybridized carbons (Fsp3) is 0.462. The van der Waals surface area contributed by atoms with E-state index in [0.29, 0.717) is 6.54 Å². The van der Waals surface area contributed by atoms with Crippen LogP contribution in [-0.2, 0) is 11.2 Å². The van der Waals surface area contributed by atoms with Crippen molar-refractivity contribution >= 4 is 21.8 Å². The lowest BCUT2D eigenvalue weighted by Crippen LogP contribution is -2.34. The second-order valence-corrected chi connectivity index (χ2v) is 5.04. The Morgan fingerprint density at radius 3 is 2.78 bits per heavy atom. The molecule has 0 bridgehead atoms. The van der Waals surface area contributed by atoms with Crippen LogP contribution >= 0.6 is 15.9 Å². The lowest BCUT2D eigenvalue weighted by molar-refractivity contribution is -0.126. The number of ether oxygens (including phenoxy) is 1. The molecule has 0 saturated heterocycles. The van der Waals surface area contributed by atoms with Gasteiger partial charge in [0.15, 0.2) is 6.10 Å². The average Bonchev–Trinajstić information content (AvgIpc) is 2.32. The van der Waals surface area contributed by atoms with Crippen molar-refractivity contribution in [2.75, 3.05) is 13.6 Å². The van der Waals surface area contributed by atoms with Crippen molar-refractivity contribution in [2.45, 2.75) is 26.4 Å². The van der Waals surface area contributed by atoms with Gasteiger partial charge in [0.1, 0.15) is 5.75 Å². The standard InChI is InChI=1S/C13H19BrN2O2/c1-8-6-11(14)7-10(4-5-15)12(8)18-9(2)13(17)16-3/h6-7,9H,4-5,15H2,1-3H3,(H,16,17). The van der Waals surface area contributed by atoms with Gasteiger partial charge in [0.05, 0.1) is 0 Å². The molecule has 1 rings (SSSR count). The number of hydrogen-bond acceptors (Lipinski definition) is 3. The smallest absolute Gasteiger partial charge is 0.260 e. The summed E-state index contributed by atoms with van der Waals surface area (Å²) in [5.41, 5.74) is 7.60. The van der Waals surface area contributed by atoms with Crippen molar-refractivity contribution in [3.8, 4) is 5.75 Å². The van der Waals surface area contributed by atoms with Gasteiger partial charge in [-0.15, -0.1) is 0 Å². The molecule has 0 fully saturated rings. The van der Waals surface area contributed by atoms with Crippen molar-refractivity contribution < 1.29 is 9.53 Å². The van der Waals surface area contributed by atoms with Crippen molar-refractivity contribution in [3.63, 3.8) is 0 Å². The fourth-order valence-electron chi connectivity index (χ4n) is 1.74. The zero-order valence-electron chi connectivity index (χ0n) is 10.9. The molecule has 0 aliphatic rings. The van der Waals surface area contributed by atoms with E-state index in [1.807, 2.05) is 19.1 Å². The normalized spacial score (nSPS) is 12.1. The summed E-state index contributed by atoms with van der Waals surface area (Å²) in [5, 5.41) is 2.57. The number of likely N-dealkylation sites (N-methyl/N-ethyl adjacent to an activating group) is 1. The Labute approximate surface area is 116 Å². The van der Waals surface area contributed by atoms with Gasteiger partial charge in [-0.25, -0.2) is 0 Å². The Morgan fingerprint density at radius 1 is 1.56 bits per heavy atom. The van der Waals surface area contributed by atoms with E-state index in [4.69, 9.17) is 10.5 Å². The first-order valence-electron chi connectivity index (χ1n) is 5.87. The van der Waals surface area contributed by atoms with E-state index in [9.17, 15) is 4.79 Å². The van der Waals surface area contributed by atoms with Gasteiger partial charge < -0.3 is 15.8 Å². The molecule has 3 N–H and O–H groups in total. The monoisotopic (exact) mass is 314 g/mol. The Morgan fingerprint density at radius 2 is 2.22 bits per heavy atom. The highest BCUT2D eigenvalue weighted by atomic mass is 79.9. The summed E-state index contributed by atoms with van der Waals surface area (Å²) in [6.45, 7) is 4.23. The van der Waals surface area contributed by atoms with Gasteiger partial charge in [0.25, 0.3) is 5.91 Å². The summed E-state index contributed by atoms with van der Waals surface area (Å²) in [6, 6.07) is 3.94. The first-order valence-corrected chi connectivity index (χ1v) is 6.66. The second kappa shape index (κ2) is 6.75. The number of aryl methyl sites for hydroxylation is 1. The van der Waals surface area contributed by atoms with Gasteiger partial charge in [-0.1, -0.05) is 15.9 Å². The molecule has 5 heteroatoms. The molecule has 1 amide bonds. The van der Waals surface area contributed by atoms with Crippen LogP contribution in [0, 0.1) is 6.92 Å². The predicted molar refractivity (Wildman–Crippen MR) is 75.8 cm³/mol. The number of hydrogen-bond donors (Lipinski definition) is 2. The molecular formula is C13H19BrN2O2. The Kier molecular flexibility index (Phi) is 5.62. The van der Waals surface area contributed by atoms with Gasteiger partial charge >= 0.3 is 0 Å². The number of amides is 1. The fourth-order valence-corrected chi connectivity index (χ4v) is 2.36. The van der Waals surface area contributed by atoms with Gasteiger partial charge in [-0.05, 0) is 50.1 Å². The van der Waals surface area contributed by atoms with Crippen LogP contribution < -0.4 is 15.8 Å². The molecule has 0 heterocycles. The zero-order chi connectivity index (χ0) is 13.7. The van der Waals surface area contributed by atoms with Crippen LogP contribution in [0.1, 0.15) is 18.1 Å². The molecule has 0 saturated carbocycles. The summed E-state index contributed by atoms with van der Waals surface area (Å²) < 4.78 is 6.74. The summed E-state index contributed by atoms with van der Waals surface area (Å²) in [5.74, 6) is 0.607. The van der Waals surface area contributed by atoms with Crippen LogP contribution in [0.15, 0.2) is 16.6 Å². The summed E-state index contributed by atoms with van der Waals surface area (Å²) in [7, 11) is 1.59. The molecule has 0 radical (unpaired) electrons. The lowest BCUT2D eigenvalue weighted by Gasteiger charge is -2.18. The number of rotatable bonds is 5. The van der Waals surface area contributed by atoms with Crippen molar-refractivity contribution in [1.82, 2.24) is 5.32 Å². The number of nitrogens with one attached hydrogen (secondary N) is 1. The number of halogens is 1. The molecule has 1 atom stereocenters. The Hall–Kier alpha value is -1.07. The van der Waals surface area contributed by atoms with E-state index in [0.717, 1.165) is 27.8 Å². The summed E-state index contributed by atoms with van der Waals surface area (Å²) in [4.78, 5) is 11.5. The van der Waals surface area contributed by atoms with E-state index >= 15 is 0 Å². The van der Waals surface area contributed by atoms with Gasteiger partial charge in [-0.3, -0.25) is 4.79 Å². The largest absolute Gasteiger partial charge is 0.480 e. The maximum absolute atomic E-state index is 11.5. The molecule has 0 spiro atoms. The minimum absolute atomic E-state index is 0.143. The first-order chi connectivity index (χ1) is 8.49. The molecule has 1 unspecified atom stereocenters. The minimum Gasteiger partial charge on any atom is -0.480 e. The van der Waals surface area contributed by atoms with Crippen LogP contribution in [0.5, 0.6) is 5.75 Å². The van der Waals surface area contributed by atoms with Gasteiger partial charge in [0.2, 0.25) is 0 Å². The van der Waals surface area contributed by atoms with Crippen LogP contribution in [0.3, 0.4) is 0 Å². The van der Waals surface area contributed by atoms with Crippen molar-refractivity contribution in [3.05, 3.63) is 27.7 Å². The van der Waals surface area contributed by atoms with E-state index in [1.54, 1.807) is 14.0 Å². The van der Waals surface area contributed by atoms with Gasteiger partial charge in [-0.2, -0.15) is 0 Å². The summed E-state index contributed by atoms with van der Waals surface area (Å²) >= 11 is 3.45. The number of benzene rings is 1. The predicted octanol–water partition coefficient (Wildman–Crippen LogP) is 1.77. The van der Waals surface area contributed by atoms with Crippen LogP contribution in [0.25, 0.3) is 0 Å². The van der Waals surface area contributed by atoms with E-state index in [-0.39, 0.29) is 5.91 Å². The van der Waals surface area contributed by atoms with Crippen LogP contribution in [0.4, 0.5) is 0 Å². The zero-order valence-corrected chi connectivity index (χ0v) is 12.5. The molecule has 4 nitrogen and oxygen atoms in total. The molecule has 0 aliphatic carbocycles. The highest BCUT2D eigenvalue weighted by molar-refractivity contribution is 9.10. The molecule has 100 valence electrons. The average molecular weight is 315 g/mol. The SMILES string of the molecule is CNC(=O)C(C)Oc1c(C)cc(Br)cc1CCN. The molecule has 0 aromatic heterocycles. The molecular weight excluding hydrogens is 296 g/mol. The summed E-state index contributed by atoms with van der Waals surface area (Å²) in [6.07, 6.45) is 0.196. The highest BCUT2D eigenvalue weighted by Gasteiger charge is 2.16. The molecule has 1 aromatic carbocycles. The Balaban J connectivity index is 3.02. The van der Waals surface area contributed by atoms with Crippen molar-refractivity contribution in [1.29, 1.82) is 0 Å². The maximum atomic E-state index is 11.5. The quantitative estimate of drug-likeness (QED) is 0.870. The molecule has 0 aliphatic heterocycles. The molecule has 1 aromatic rings. The number of nitrogens with two attached hydrogens (primary N) is 1. The third kappa shape index (κ3) is 3.71.